The van der Waals surface area contributed by atoms with Gasteiger partial charge in [0.15, 0.2) is 0 Å². The Morgan fingerprint density at radius 2 is 1.97 bits per heavy atom. The Morgan fingerprint density at radius 1 is 1.20 bits per heavy atom. The van der Waals surface area contributed by atoms with E-state index in [2.05, 4.69) is 32.3 Å². The molecule has 5 nitrogen and oxygen atoms in total. The smallest absolute Gasteiger partial charge is 0.123 e. The van der Waals surface area contributed by atoms with E-state index in [4.69, 9.17) is 4.98 Å². The van der Waals surface area contributed by atoms with Gasteiger partial charge in [-0.05, 0) is 70.6 Å². The molecule has 0 bridgehead atoms. The molecule has 0 unspecified atom stereocenters. The lowest BCUT2D eigenvalue weighted by Gasteiger charge is -2.33. The number of hydrogen-bond donors (Lipinski definition) is 0. The molecule has 2 aliphatic heterocycles. The highest BCUT2D eigenvalue weighted by Crippen LogP contribution is 2.31. The zero-order chi connectivity index (χ0) is 20.9. The van der Waals surface area contributed by atoms with Crippen molar-refractivity contribution < 1.29 is 4.39 Å². The van der Waals surface area contributed by atoms with Crippen LogP contribution in [0.25, 0.3) is 11.3 Å². The van der Waals surface area contributed by atoms with E-state index in [9.17, 15) is 4.39 Å². The first-order valence-electron chi connectivity index (χ1n) is 11.1. The van der Waals surface area contributed by atoms with Crippen molar-refractivity contribution in [2.45, 2.75) is 45.1 Å². The summed E-state index contributed by atoms with van der Waals surface area (Å²) in [7, 11) is 0. The number of halogens is 1. The second-order valence-corrected chi connectivity index (χ2v) is 8.30. The number of aliphatic imine (C=N–C) groups is 1. The summed E-state index contributed by atoms with van der Waals surface area (Å²) in [5, 5.41) is 0. The van der Waals surface area contributed by atoms with E-state index in [1.165, 1.54) is 32.0 Å². The van der Waals surface area contributed by atoms with Crippen LogP contribution >= 0.6 is 0 Å². The Labute approximate surface area is 178 Å². The van der Waals surface area contributed by atoms with Gasteiger partial charge in [0.1, 0.15) is 17.5 Å². The van der Waals surface area contributed by atoms with E-state index in [1.807, 2.05) is 19.1 Å². The largest absolute Gasteiger partial charge is 0.357 e. The molecule has 0 amide bonds. The van der Waals surface area contributed by atoms with Gasteiger partial charge in [-0.3, -0.25) is 0 Å². The lowest BCUT2D eigenvalue weighted by Crippen LogP contribution is -2.33. The summed E-state index contributed by atoms with van der Waals surface area (Å²) >= 11 is 0. The van der Waals surface area contributed by atoms with Crippen LogP contribution in [-0.4, -0.2) is 58.8 Å². The molecule has 2 aromatic rings. The van der Waals surface area contributed by atoms with Crippen LogP contribution in [0.15, 0.2) is 47.4 Å². The summed E-state index contributed by atoms with van der Waals surface area (Å²) in [6.45, 7) is 12.0. The maximum absolute atomic E-state index is 13.8. The highest BCUT2D eigenvalue weighted by Gasteiger charge is 2.26. The average molecular weight is 410 g/mol. The lowest BCUT2D eigenvalue weighted by atomic mass is 9.96. The fourth-order valence-electron chi connectivity index (χ4n) is 4.72. The SMILES string of the molecule is C=N/C(=C\C)N1CCC(c2nc(-c3cccc(F)c3)cn2CCN2CCCC2)CC1. The van der Waals surface area contributed by atoms with E-state index in [0.29, 0.717) is 5.92 Å². The summed E-state index contributed by atoms with van der Waals surface area (Å²) in [5.74, 6) is 2.29. The fraction of sp³-hybridized carbons (Fsp3) is 0.500. The number of likely N-dealkylation sites (tertiary alicyclic amines) is 2. The molecular formula is C24H32FN5. The Balaban J connectivity index is 1.54. The number of piperidine rings is 1. The maximum Gasteiger partial charge on any atom is 0.123 e. The molecule has 0 radical (unpaired) electrons. The third-order valence-corrected chi connectivity index (χ3v) is 6.39. The van der Waals surface area contributed by atoms with Crippen molar-refractivity contribution in [1.82, 2.24) is 19.4 Å². The van der Waals surface area contributed by atoms with Crippen molar-refractivity contribution in [2.24, 2.45) is 4.99 Å². The standard InChI is InChI=1S/C24H32FN5/c1-3-23(26-2)29-13-9-19(10-14-29)24-27-22(20-7-6-8-21(25)17-20)18-30(24)16-15-28-11-4-5-12-28/h3,6-8,17-19H,2,4-5,9-16H2,1H3/b23-3+. The van der Waals surface area contributed by atoms with Crippen LogP contribution in [-0.2, 0) is 6.54 Å². The van der Waals surface area contributed by atoms with Gasteiger partial charge in [-0.25, -0.2) is 14.4 Å². The first-order valence-corrected chi connectivity index (χ1v) is 11.1. The van der Waals surface area contributed by atoms with Gasteiger partial charge < -0.3 is 14.4 Å². The van der Waals surface area contributed by atoms with Gasteiger partial charge in [-0.15, -0.1) is 0 Å². The van der Waals surface area contributed by atoms with E-state index >= 15 is 0 Å². The van der Waals surface area contributed by atoms with Crippen molar-refractivity contribution in [3.8, 4) is 11.3 Å². The molecule has 0 aliphatic carbocycles. The maximum atomic E-state index is 13.8. The number of rotatable bonds is 7. The number of nitrogens with zero attached hydrogens (tertiary/aromatic N) is 5. The average Bonchev–Trinajstić information content (AvgIpc) is 3.44. The van der Waals surface area contributed by atoms with Gasteiger partial charge in [-0.1, -0.05) is 12.1 Å². The van der Waals surface area contributed by atoms with Gasteiger partial charge >= 0.3 is 0 Å². The zero-order valence-electron chi connectivity index (χ0n) is 17.9. The minimum Gasteiger partial charge on any atom is -0.357 e. The van der Waals surface area contributed by atoms with Gasteiger partial charge in [0.2, 0.25) is 0 Å². The van der Waals surface area contributed by atoms with Crippen LogP contribution in [0.5, 0.6) is 0 Å². The van der Waals surface area contributed by atoms with Crippen molar-refractivity contribution in [1.29, 1.82) is 0 Å². The Hall–Kier alpha value is -2.47. The van der Waals surface area contributed by atoms with Crippen molar-refractivity contribution >= 4 is 6.72 Å². The molecule has 6 heteroatoms. The molecule has 0 spiro atoms. The highest BCUT2D eigenvalue weighted by molar-refractivity contribution is 5.58. The van der Waals surface area contributed by atoms with Gasteiger partial charge in [-0.2, -0.15) is 0 Å². The Morgan fingerprint density at radius 3 is 2.63 bits per heavy atom. The molecule has 0 saturated carbocycles. The second kappa shape index (κ2) is 9.56. The van der Waals surface area contributed by atoms with Gasteiger partial charge in [0.25, 0.3) is 0 Å². The molecule has 1 aromatic heterocycles. The number of aromatic nitrogens is 2. The van der Waals surface area contributed by atoms with Crippen LogP contribution in [0.3, 0.4) is 0 Å². The fourth-order valence-corrected chi connectivity index (χ4v) is 4.72. The highest BCUT2D eigenvalue weighted by atomic mass is 19.1. The number of imidazole rings is 1. The molecule has 2 aliphatic rings. The predicted octanol–water partition coefficient (Wildman–Crippen LogP) is 4.53. The monoisotopic (exact) mass is 409 g/mol. The first-order chi connectivity index (χ1) is 14.7. The summed E-state index contributed by atoms with van der Waals surface area (Å²) in [4.78, 5) is 14.0. The Bertz CT molecular complexity index is 889. The van der Waals surface area contributed by atoms with E-state index in [0.717, 1.165) is 61.9 Å². The van der Waals surface area contributed by atoms with E-state index in [-0.39, 0.29) is 5.82 Å². The normalized spacial score (nSPS) is 18.9. The minimum absolute atomic E-state index is 0.218. The molecule has 1 aromatic carbocycles. The Kier molecular flexibility index (Phi) is 6.62. The quantitative estimate of drug-likeness (QED) is 0.631. The zero-order valence-corrected chi connectivity index (χ0v) is 17.9. The molecule has 30 heavy (non-hydrogen) atoms. The molecule has 2 saturated heterocycles. The van der Waals surface area contributed by atoms with E-state index < -0.39 is 0 Å². The number of benzene rings is 1. The van der Waals surface area contributed by atoms with Crippen LogP contribution in [0.2, 0.25) is 0 Å². The third kappa shape index (κ3) is 4.64. The summed E-state index contributed by atoms with van der Waals surface area (Å²) in [6.07, 6.45) is 8.82. The molecule has 0 atom stereocenters. The van der Waals surface area contributed by atoms with E-state index in [1.54, 1.807) is 12.1 Å². The van der Waals surface area contributed by atoms with Gasteiger partial charge in [0, 0.05) is 43.9 Å². The molecule has 160 valence electrons. The van der Waals surface area contributed by atoms with Crippen LogP contribution < -0.4 is 0 Å². The van der Waals surface area contributed by atoms with Crippen LogP contribution in [0.4, 0.5) is 4.39 Å². The minimum atomic E-state index is -0.218. The summed E-state index contributed by atoms with van der Waals surface area (Å²) in [5.41, 5.74) is 1.72. The predicted molar refractivity (Wildman–Crippen MR) is 120 cm³/mol. The van der Waals surface area contributed by atoms with Crippen LogP contribution in [0, 0.1) is 5.82 Å². The first kappa shape index (κ1) is 20.8. The number of allylic oxidation sites excluding steroid dienone is 1. The second-order valence-electron chi connectivity index (χ2n) is 8.30. The molecule has 2 fully saturated rings. The summed E-state index contributed by atoms with van der Waals surface area (Å²) in [6, 6.07) is 6.76. The topological polar surface area (TPSA) is 36.7 Å². The van der Waals surface area contributed by atoms with Crippen molar-refractivity contribution in [3.05, 3.63) is 54.0 Å². The lowest BCUT2D eigenvalue weighted by molar-refractivity contribution is 0.252. The van der Waals surface area contributed by atoms with Crippen molar-refractivity contribution in [3.63, 3.8) is 0 Å². The third-order valence-electron chi connectivity index (χ3n) is 6.39. The summed E-state index contributed by atoms with van der Waals surface area (Å²) < 4.78 is 16.1. The molecule has 4 rings (SSSR count). The number of hydrogen-bond acceptors (Lipinski definition) is 4. The molecular weight excluding hydrogens is 377 g/mol. The molecule has 3 heterocycles. The van der Waals surface area contributed by atoms with Crippen molar-refractivity contribution in [2.75, 3.05) is 32.7 Å². The molecule has 0 N–H and O–H groups in total. The van der Waals surface area contributed by atoms with Gasteiger partial charge in [0.05, 0.1) is 5.69 Å². The van der Waals surface area contributed by atoms with Crippen LogP contribution in [0.1, 0.15) is 44.3 Å².